The first kappa shape index (κ1) is 30.7. The Hall–Kier alpha value is -5.92. The summed E-state index contributed by atoms with van der Waals surface area (Å²) in [5.41, 5.74) is 8.83. The zero-order chi connectivity index (χ0) is 32.9. The van der Waals surface area contributed by atoms with Crippen LogP contribution >= 0.6 is 11.3 Å². The lowest BCUT2D eigenvalue weighted by Gasteiger charge is -2.26. The molecule has 0 bridgehead atoms. The number of hydrogen-bond acceptors (Lipinski definition) is 7. The van der Waals surface area contributed by atoms with Crippen molar-refractivity contribution in [2.75, 3.05) is 26.2 Å². The van der Waals surface area contributed by atoms with Gasteiger partial charge in [0.05, 0.1) is 38.4 Å². The molecule has 0 aliphatic rings. The Morgan fingerprint density at radius 2 is 1.04 bits per heavy atom. The molecule has 6 nitrogen and oxygen atoms in total. The summed E-state index contributed by atoms with van der Waals surface area (Å²) >= 11 is 1.76. The van der Waals surface area contributed by atoms with Crippen LogP contribution in [0.3, 0.4) is 0 Å². The van der Waals surface area contributed by atoms with Crippen LogP contribution in [-0.2, 0) is 0 Å². The minimum atomic E-state index is 0.790. The molecule has 4 aromatic carbocycles. The molecule has 7 heteroatoms. The van der Waals surface area contributed by atoms with Crippen LogP contribution in [0.2, 0.25) is 0 Å². The quantitative estimate of drug-likeness (QED) is 0.147. The van der Waals surface area contributed by atoms with Gasteiger partial charge in [0.2, 0.25) is 0 Å². The van der Waals surface area contributed by atoms with Crippen molar-refractivity contribution in [3.05, 3.63) is 146 Å². The van der Waals surface area contributed by atoms with Crippen molar-refractivity contribution in [3.63, 3.8) is 0 Å². The van der Waals surface area contributed by atoms with Crippen LogP contribution in [0.5, 0.6) is 17.2 Å². The smallest absolute Gasteiger partial charge is 0.119 e. The third-order valence-corrected chi connectivity index (χ3v) is 9.26. The van der Waals surface area contributed by atoms with E-state index in [0.717, 1.165) is 73.0 Å². The summed E-state index contributed by atoms with van der Waals surface area (Å²) in [5, 5.41) is 0. The average molecular weight is 648 g/mol. The van der Waals surface area contributed by atoms with Crippen LogP contribution in [0.4, 0.5) is 17.1 Å². The Kier molecular flexibility index (Phi) is 8.85. The summed E-state index contributed by atoms with van der Waals surface area (Å²) in [7, 11) is 5.04. The zero-order valence-corrected chi connectivity index (χ0v) is 27.6. The van der Waals surface area contributed by atoms with Gasteiger partial charge in [-0.15, -0.1) is 11.3 Å². The molecule has 0 N–H and O–H groups in total. The molecule has 3 heterocycles. The molecule has 0 spiro atoms. The fourth-order valence-corrected chi connectivity index (χ4v) is 6.58. The van der Waals surface area contributed by atoms with Crippen molar-refractivity contribution in [1.29, 1.82) is 0 Å². The highest BCUT2D eigenvalue weighted by molar-refractivity contribution is 7.18. The lowest BCUT2D eigenvalue weighted by molar-refractivity contribution is 0.414. The second-order valence-electron chi connectivity index (χ2n) is 11.0. The van der Waals surface area contributed by atoms with E-state index < -0.39 is 0 Å². The molecule has 0 radical (unpaired) electrons. The lowest BCUT2D eigenvalue weighted by atomic mass is 10.1. The average Bonchev–Trinajstić information content (AvgIpc) is 3.67. The summed E-state index contributed by atoms with van der Waals surface area (Å²) in [6, 6.07) is 47.4. The van der Waals surface area contributed by atoms with E-state index in [0.29, 0.717) is 0 Å². The minimum Gasteiger partial charge on any atom is -0.497 e. The molecular formula is C41H33N3O3S. The highest BCUT2D eigenvalue weighted by atomic mass is 32.1. The number of rotatable bonds is 10. The number of thiophene rings is 1. The predicted molar refractivity (Wildman–Crippen MR) is 196 cm³/mol. The van der Waals surface area contributed by atoms with Crippen LogP contribution in [-0.4, -0.2) is 31.3 Å². The largest absolute Gasteiger partial charge is 0.497 e. The number of nitrogens with zero attached hydrogens (tertiary/aromatic N) is 3. The number of ether oxygens (including phenoxy) is 3. The third kappa shape index (κ3) is 6.49. The Morgan fingerprint density at radius 1 is 0.458 bits per heavy atom. The second kappa shape index (κ2) is 13.8. The Balaban J connectivity index is 1.23. The van der Waals surface area contributed by atoms with Gasteiger partial charge in [-0.05, 0) is 120 Å². The van der Waals surface area contributed by atoms with E-state index in [1.165, 1.54) is 4.88 Å². The molecule has 236 valence electrons. The van der Waals surface area contributed by atoms with E-state index in [1.54, 1.807) is 38.9 Å². The first-order chi connectivity index (χ1) is 23.6. The SMILES string of the molecule is COc1ccc(N(c2ccc(OC)cc2)c2ccc(-c3ccc(-c4cc(-c5cccc(OC)c5)nc(-c5ccccn5)c4)s3)cc2)cc1. The summed E-state index contributed by atoms with van der Waals surface area (Å²) in [6.07, 6.45) is 1.80. The van der Waals surface area contributed by atoms with Crippen molar-refractivity contribution in [2.24, 2.45) is 0 Å². The summed E-state index contributed by atoms with van der Waals surface area (Å²) in [5.74, 6) is 2.42. The molecule has 7 aromatic rings. The Labute approximate surface area is 284 Å². The van der Waals surface area contributed by atoms with Gasteiger partial charge < -0.3 is 19.1 Å². The van der Waals surface area contributed by atoms with Gasteiger partial charge in [0.15, 0.2) is 0 Å². The topological polar surface area (TPSA) is 56.7 Å². The third-order valence-electron chi connectivity index (χ3n) is 8.08. The molecule has 0 aliphatic carbocycles. The van der Waals surface area contributed by atoms with E-state index in [4.69, 9.17) is 19.2 Å². The molecule has 0 aliphatic heterocycles. The summed E-state index contributed by atoms with van der Waals surface area (Å²) in [4.78, 5) is 14.1. The molecule has 0 fully saturated rings. The number of hydrogen-bond donors (Lipinski definition) is 0. The predicted octanol–water partition coefficient (Wildman–Crippen LogP) is 10.7. The maximum Gasteiger partial charge on any atom is 0.119 e. The van der Waals surface area contributed by atoms with Crippen LogP contribution in [0.1, 0.15) is 0 Å². The van der Waals surface area contributed by atoms with Crippen molar-refractivity contribution in [3.8, 4) is 60.8 Å². The first-order valence-electron chi connectivity index (χ1n) is 15.5. The van der Waals surface area contributed by atoms with Gasteiger partial charge in [0, 0.05) is 38.6 Å². The highest BCUT2D eigenvalue weighted by Crippen LogP contribution is 2.40. The van der Waals surface area contributed by atoms with Crippen LogP contribution < -0.4 is 19.1 Å². The van der Waals surface area contributed by atoms with Crippen LogP contribution in [0.25, 0.3) is 43.5 Å². The van der Waals surface area contributed by atoms with Gasteiger partial charge in [-0.2, -0.15) is 0 Å². The Bertz CT molecular complexity index is 2080. The Morgan fingerprint density at radius 3 is 1.62 bits per heavy atom. The molecule has 0 atom stereocenters. The molecule has 0 saturated heterocycles. The summed E-state index contributed by atoms with van der Waals surface area (Å²) < 4.78 is 16.3. The van der Waals surface area contributed by atoms with Crippen molar-refractivity contribution in [2.45, 2.75) is 0 Å². The molecular weight excluding hydrogens is 615 g/mol. The number of methoxy groups -OCH3 is 3. The maximum atomic E-state index is 5.50. The van der Waals surface area contributed by atoms with Crippen LogP contribution in [0.15, 0.2) is 146 Å². The van der Waals surface area contributed by atoms with Crippen molar-refractivity contribution in [1.82, 2.24) is 9.97 Å². The van der Waals surface area contributed by atoms with Gasteiger partial charge in [-0.3, -0.25) is 4.98 Å². The van der Waals surface area contributed by atoms with Crippen molar-refractivity contribution >= 4 is 28.4 Å². The summed E-state index contributed by atoms with van der Waals surface area (Å²) in [6.45, 7) is 0. The molecule has 0 amide bonds. The van der Waals surface area contributed by atoms with Gasteiger partial charge in [-0.25, -0.2) is 4.98 Å². The maximum absolute atomic E-state index is 5.50. The molecule has 3 aromatic heterocycles. The number of pyridine rings is 2. The fourth-order valence-electron chi connectivity index (χ4n) is 5.58. The van der Waals surface area contributed by atoms with Gasteiger partial charge >= 0.3 is 0 Å². The highest BCUT2D eigenvalue weighted by Gasteiger charge is 2.15. The monoisotopic (exact) mass is 647 g/mol. The minimum absolute atomic E-state index is 0.790. The number of anilines is 3. The van der Waals surface area contributed by atoms with E-state index in [9.17, 15) is 0 Å². The van der Waals surface area contributed by atoms with Gasteiger partial charge in [0.25, 0.3) is 0 Å². The van der Waals surface area contributed by atoms with E-state index in [-0.39, 0.29) is 0 Å². The van der Waals surface area contributed by atoms with Crippen LogP contribution in [0, 0.1) is 0 Å². The molecule has 0 saturated carbocycles. The fraction of sp³-hybridized carbons (Fsp3) is 0.0732. The van der Waals surface area contributed by atoms with E-state index >= 15 is 0 Å². The van der Waals surface area contributed by atoms with E-state index in [2.05, 4.69) is 88.7 Å². The number of benzene rings is 4. The van der Waals surface area contributed by atoms with Gasteiger partial charge in [0.1, 0.15) is 17.2 Å². The first-order valence-corrected chi connectivity index (χ1v) is 16.3. The van der Waals surface area contributed by atoms with E-state index in [1.807, 2.05) is 60.7 Å². The van der Waals surface area contributed by atoms with Gasteiger partial charge in [-0.1, -0.05) is 30.3 Å². The second-order valence-corrected chi connectivity index (χ2v) is 12.1. The molecule has 48 heavy (non-hydrogen) atoms. The standard InChI is InChI=1S/C41H33N3O3S/c1-45-34-18-14-32(15-19-34)44(33-16-20-35(46-2)21-17-33)31-12-10-28(11-13-31)40-22-23-41(48-40)30-26-38(29-7-6-8-36(25-29)47-3)43-39(27-30)37-9-4-5-24-42-37/h4-27H,1-3H3. The normalized spacial score (nSPS) is 10.8. The zero-order valence-electron chi connectivity index (χ0n) is 26.8. The molecule has 0 unspecified atom stereocenters. The van der Waals surface area contributed by atoms with Crippen molar-refractivity contribution < 1.29 is 14.2 Å². The number of aromatic nitrogens is 2. The molecule has 7 rings (SSSR count). The lowest BCUT2D eigenvalue weighted by Crippen LogP contribution is -2.09.